The molecule has 7 nitrogen and oxygen atoms in total. The van der Waals surface area contributed by atoms with Gasteiger partial charge in [-0.05, 0) is 11.2 Å². The summed E-state index contributed by atoms with van der Waals surface area (Å²) in [6.45, 7) is 0.320. The van der Waals surface area contributed by atoms with E-state index >= 15 is 0 Å². The van der Waals surface area contributed by atoms with Crippen molar-refractivity contribution in [1.29, 1.82) is 0 Å². The van der Waals surface area contributed by atoms with Crippen molar-refractivity contribution in [3.8, 4) is 11.4 Å². The second-order valence-corrected chi connectivity index (χ2v) is 3.49. The van der Waals surface area contributed by atoms with Crippen molar-refractivity contribution >= 4 is 5.91 Å². The second kappa shape index (κ2) is 5.67. The topological polar surface area (TPSA) is 89.0 Å². The Balaban J connectivity index is 2.06. The van der Waals surface area contributed by atoms with E-state index in [1.54, 1.807) is 41.6 Å². The molecular formula is C11H10N5O2+. The monoisotopic (exact) mass is 244 g/mol. The predicted octanol–water partition coefficient (Wildman–Crippen LogP) is 0.509. The highest BCUT2D eigenvalue weighted by Crippen LogP contribution is 2.09. The first-order chi connectivity index (χ1) is 8.79. The Labute approximate surface area is 102 Å². The number of aryl methyl sites for hydroxylation is 1. The highest BCUT2D eigenvalue weighted by molar-refractivity contribution is 5.76. The summed E-state index contributed by atoms with van der Waals surface area (Å²) in [6, 6.07) is 3.53. The number of nitroso groups, excluding NO2 is 1. The Bertz CT molecular complexity index is 541. The molecule has 2 aromatic rings. The van der Waals surface area contributed by atoms with Crippen LogP contribution in [-0.4, -0.2) is 21.0 Å². The minimum Gasteiger partial charge on any atom is -0.269 e. The third-order valence-corrected chi connectivity index (χ3v) is 2.25. The molecule has 0 radical (unpaired) electrons. The van der Waals surface area contributed by atoms with Gasteiger partial charge in [-0.15, -0.1) is 4.91 Å². The van der Waals surface area contributed by atoms with Crippen LogP contribution in [0.2, 0.25) is 0 Å². The molecule has 0 bridgehead atoms. The third kappa shape index (κ3) is 2.97. The second-order valence-electron chi connectivity index (χ2n) is 3.49. The van der Waals surface area contributed by atoms with Gasteiger partial charge in [0.05, 0.1) is 6.42 Å². The van der Waals surface area contributed by atoms with E-state index in [0.717, 1.165) is 5.56 Å². The van der Waals surface area contributed by atoms with Crippen LogP contribution >= 0.6 is 0 Å². The molecule has 0 saturated heterocycles. The van der Waals surface area contributed by atoms with Gasteiger partial charge in [0.2, 0.25) is 0 Å². The van der Waals surface area contributed by atoms with Gasteiger partial charge in [0, 0.05) is 29.2 Å². The van der Waals surface area contributed by atoms with Crippen LogP contribution in [0.3, 0.4) is 0 Å². The molecule has 0 saturated carbocycles. The van der Waals surface area contributed by atoms with E-state index < -0.39 is 5.91 Å². The fraction of sp³-hybridized carbons (Fsp3) is 0.182. The van der Waals surface area contributed by atoms with Gasteiger partial charge in [-0.3, -0.25) is 4.79 Å². The van der Waals surface area contributed by atoms with Crippen molar-refractivity contribution in [1.82, 2.24) is 15.1 Å². The number of hydrogen-bond acceptors (Lipinski definition) is 5. The van der Waals surface area contributed by atoms with Crippen molar-refractivity contribution in [3.05, 3.63) is 41.8 Å². The smallest absolute Gasteiger partial charge is 0.269 e. The summed E-state index contributed by atoms with van der Waals surface area (Å²) in [5, 5.41) is 6.42. The number of carbonyl (C=O) groups is 1. The number of hydrogen-bond donors (Lipinski definition) is 0. The zero-order valence-electron chi connectivity index (χ0n) is 9.43. The molecule has 0 aromatic carbocycles. The molecule has 2 aromatic heterocycles. The molecule has 7 heteroatoms. The van der Waals surface area contributed by atoms with Crippen LogP contribution in [0.25, 0.3) is 11.4 Å². The first-order valence-electron chi connectivity index (χ1n) is 5.29. The highest BCUT2D eigenvalue weighted by Gasteiger charge is 2.09. The van der Waals surface area contributed by atoms with Gasteiger partial charge in [0.15, 0.2) is 18.6 Å². The summed E-state index contributed by atoms with van der Waals surface area (Å²) >= 11 is 0. The average molecular weight is 244 g/mol. The number of nitrogens with zero attached hydrogens (tertiary/aromatic N) is 5. The summed E-state index contributed by atoms with van der Waals surface area (Å²) in [5.74, 6) is -0.0949. The van der Waals surface area contributed by atoms with E-state index in [0.29, 0.717) is 12.4 Å². The Kier molecular flexibility index (Phi) is 3.75. The van der Waals surface area contributed by atoms with Crippen molar-refractivity contribution in [2.24, 2.45) is 5.18 Å². The van der Waals surface area contributed by atoms with Gasteiger partial charge < -0.3 is 0 Å². The van der Waals surface area contributed by atoms with E-state index in [9.17, 15) is 9.70 Å². The molecule has 1 amide bonds. The van der Waals surface area contributed by atoms with Crippen molar-refractivity contribution in [2.75, 3.05) is 0 Å². The predicted molar refractivity (Wildman–Crippen MR) is 60.9 cm³/mol. The normalized spacial score (nSPS) is 10.0. The van der Waals surface area contributed by atoms with E-state index in [1.807, 2.05) is 0 Å². The maximum atomic E-state index is 10.7. The van der Waals surface area contributed by atoms with Crippen LogP contribution in [0.15, 0.2) is 42.1 Å². The van der Waals surface area contributed by atoms with E-state index in [1.165, 1.54) is 0 Å². The van der Waals surface area contributed by atoms with Gasteiger partial charge in [-0.25, -0.2) is 9.97 Å². The molecule has 0 spiro atoms. The van der Waals surface area contributed by atoms with Crippen LogP contribution < -0.4 is 4.68 Å². The molecule has 0 unspecified atom stereocenters. The first kappa shape index (κ1) is 11.9. The zero-order valence-corrected chi connectivity index (χ0v) is 9.43. The van der Waals surface area contributed by atoms with Crippen molar-refractivity contribution in [2.45, 2.75) is 13.0 Å². The Morgan fingerprint density at radius 1 is 1.33 bits per heavy atom. The quantitative estimate of drug-likeness (QED) is 0.577. The number of aromatic nitrogens is 4. The number of rotatable bonds is 4. The molecule has 2 rings (SSSR count). The van der Waals surface area contributed by atoms with Crippen LogP contribution in [0.5, 0.6) is 0 Å². The Morgan fingerprint density at radius 2 is 2.11 bits per heavy atom. The number of amides is 1. The van der Waals surface area contributed by atoms with Crippen LogP contribution in [-0.2, 0) is 11.3 Å². The summed E-state index contributed by atoms with van der Waals surface area (Å²) in [4.78, 5) is 28.8. The minimum absolute atomic E-state index is 0.0440. The molecule has 0 N–H and O–H groups in total. The lowest BCUT2D eigenvalue weighted by molar-refractivity contribution is -0.752. The minimum atomic E-state index is -0.681. The van der Waals surface area contributed by atoms with Crippen LogP contribution in [0.4, 0.5) is 0 Å². The van der Waals surface area contributed by atoms with Crippen molar-refractivity contribution < 1.29 is 9.48 Å². The summed E-state index contributed by atoms with van der Waals surface area (Å²) in [5.41, 5.74) is 0.784. The van der Waals surface area contributed by atoms with Gasteiger partial charge in [-0.1, -0.05) is 4.68 Å². The van der Waals surface area contributed by atoms with Crippen molar-refractivity contribution in [3.63, 3.8) is 0 Å². The Morgan fingerprint density at radius 3 is 2.72 bits per heavy atom. The fourth-order valence-corrected chi connectivity index (χ4v) is 1.35. The molecule has 2 heterocycles. The highest BCUT2D eigenvalue weighted by atomic mass is 16.3. The first-order valence-corrected chi connectivity index (χ1v) is 5.29. The number of carbonyl (C=O) groups excluding carboxylic acids is 1. The van der Waals surface area contributed by atoms with Crippen LogP contribution in [0.1, 0.15) is 6.42 Å². The van der Waals surface area contributed by atoms with E-state index in [4.69, 9.17) is 0 Å². The maximum absolute atomic E-state index is 10.7. The summed E-state index contributed by atoms with van der Waals surface area (Å²) < 4.78 is 1.55. The summed E-state index contributed by atoms with van der Waals surface area (Å²) in [7, 11) is 0. The lowest BCUT2D eigenvalue weighted by Crippen LogP contribution is -2.38. The lowest BCUT2D eigenvalue weighted by atomic mass is 10.3. The van der Waals surface area contributed by atoms with E-state index in [2.05, 4.69) is 20.2 Å². The zero-order chi connectivity index (χ0) is 12.8. The lowest BCUT2D eigenvalue weighted by Gasteiger charge is -1.96. The SMILES string of the molecule is O=NC(=O)CC[n+]1ccc(-c2ncccn2)cn1. The molecule has 0 fully saturated rings. The summed E-state index contributed by atoms with van der Waals surface area (Å²) in [6.07, 6.45) is 6.65. The van der Waals surface area contributed by atoms with Gasteiger partial charge in [0.25, 0.3) is 5.91 Å². The molecule has 18 heavy (non-hydrogen) atoms. The molecule has 90 valence electrons. The standard InChI is InChI=1S/C11H10N5O2/c17-10(15-18)3-7-16-6-2-9(8-14-16)11-12-4-1-5-13-11/h1-2,4-6,8H,3,7H2/q+1. The van der Waals surface area contributed by atoms with Gasteiger partial charge >= 0.3 is 0 Å². The molecular weight excluding hydrogens is 234 g/mol. The molecule has 0 aliphatic carbocycles. The fourth-order valence-electron chi connectivity index (χ4n) is 1.35. The Hall–Kier alpha value is -2.57. The van der Waals surface area contributed by atoms with Crippen LogP contribution in [0, 0.1) is 4.91 Å². The van der Waals surface area contributed by atoms with E-state index in [-0.39, 0.29) is 6.42 Å². The van der Waals surface area contributed by atoms with Gasteiger partial charge in [0.1, 0.15) is 6.20 Å². The maximum Gasteiger partial charge on any atom is 0.292 e. The molecule has 0 aliphatic rings. The molecule has 0 atom stereocenters. The largest absolute Gasteiger partial charge is 0.292 e. The molecule has 0 aliphatic heterocycles. The van der Waals surface area contributed by atoms with Gasteiger partial charge in [-0.2, -0.15) is 0 Å². The third-order valence-electron chi connectivity index (χ3n) is 2.25. The average Bonchev–Trinajstić information content (AvgIpc) is 2.46.